The Morgan fingerprint density at radius 2 is 0.868 bits per heavy atom. The Balaban J connectivity index is 0.000000203. The molecular formula is C60H51F5N12O14. The average molecular weight is 1260 g/mol. The van der Waals surface area contributed by atoms with Crippen LogP contribution in [0.3, 0.4) is 0 Å². The number of nitrogens with two attached hydrogens (primary N) is 2. The van der Waals surface area contributed by atoms with Gasteiger partial charge < -0.3 is 35.2 Å². The summed E-state index contributed by atoms with van der Waals surface area (Å²) in [6.07, 6.45) is 18.2. The van der Waals surface area contributed by atoms with Crippen LogP contribution in [-0.2, 0) is 14.2 Å². The molecule has 91 heavy (non-hydrogen) atoms. The molecule has 31 heteroatoms. The third-order valence-electron chi connectivity index (χ3n) is 10.8. The predicted molar refractivity (Wildman–Crippen MR) is 317 cm³/mol. The number of pyridine rings is 9. The van der Waals surface area contributed by atoms with Gasteiger partial charge in [0, 0.05) is 55.2 Å². The molecule has 0 unspecified atom stereocenters. The molecule has 0 bridgehead atoms. The third kappa shape index (κ3) is 20.8. The highest BCUT2D eigenvalue weighted by Gasteiger charge is 2.19. The number of amides is 1. The molecule has 0 spiro atoms. The summed E-state index contributed by atoms with van der Waals surface area (Å²) in [5.41, 5.74) is 7.98. The molecular weight excluding hydrogens is 1210 g/mol. The van der Waals surface area contributed by atoms with E-state index in [1.54, 1.807) is 32.9 Å². The summed E-state index contributed by atoms with van der Waals surface area (Å²) in [6, 6.07) is 20.2. The number of hydrogen-bond donors (Lipinski definition) is 4. The number of ether oxygens (including phenoxy) is 3. The number of halogens is 5. The van der Waals surface area contributed by atoms with E-state index in [9.17, 15) is 65.1 Å². The fourth-order valence-electron chi connectivity index (χ4n) is 6.93. The summed E-state index contributed by atoms with van der Waals surface area (Å²) >= 11 is 0. The smallest absolute Gasteiger partial charge is 0.412 e. The zero-order chi connectivity index (χ0) is 67.0. The van der Waals surface area contributed by atoms with E-state index in [1.165, 1.54) is 152 Å². The highest BCUT2D eigenvalue weighted by molar-refractivity contribution is 5.89. The number of carbonyl (C=O) groups excluding carboxylic acids is 3. The molecule has 6 N–H and O–H groups in total. The first-order valence-electron chi connectivity index (χ1n) is 25.6. The van der Waals surface area contributed by atoms with Gasteiger partial charge in [0.1, 0.15) is 57.1 Å². The number of methoxy groups -OCH3 is 2. The maximum atomic E-state index is 13.2. The van der Waals surface area contributed by atoms with Gasteiger partial charge in [0.2, 0.25) is 0 Å². The van der Waals surface area contributed by atoms with Crippen LogP contribution in [0.5, 0.6) is 0 Å². The van der Waals surface area contributed by atoms with Crippen LogP contribution < -0.4 is 44.6 Å². The highest BCUT2D eigenvalue weighted by Crippen LogP contribution is 2.13. The number of carbonyl (C=O) groups is 4. The molecule has 0 aliphatic carbocycles. The number of rotatable bonds is 8. The summed E-state index contributed by atoms with van der Waals surface area (Å²) in [4.78, 5) is 121. The minimum absolute atomic E-state index is 0.0287. The van der Waals surface area contributed by atoms with E-state index in [0.29, 0.717) is 11.4 Å². The molecule has 0 saturated carbocycles. The lowest BCUT2D eigenvalue weighted by atomic mass is 10.2. The number of nitrogen functional groups attached to an aromatic ring is 2. The van der Waals surface area contributed by atoms with Crippen molar-refractivity contribution in [3.05, 3.63) is 282 Å². The second-order valence-electron chi connectivity index (χ2n) is 18.5. The van der Waals surface area contributed by atoms with Crippen molar-refractivity contribution in [2.45, 2.75) is 26.4 Å². The van der Waals surface area contributed by atoms with Crippen LogP contribution in [0, 0.1) is 29.1 Å². The van der Waals surface area contributed by atoms with Crippen LogP contribution in [0.1, 0.15) is 51.8 Å². The van der Waals surface area contributed by atoms with Gasteiger partial charge in [-0.1, -0.05) is 0 Å². The first-order valence-corrected chi connectivity index (χ1v) is 25.6. The van der Waals surface area contributed by atoms with Gasteiger partial charge in [-0.05, 0) is 87.5 Å². The second kappa shape index (κ2) is 32.8. The van der Waals surface area contributed by atoms with Crippen molar-refractivity contribution in [2.75, 3.05) is 31.0 Å². The van der Waals surface area contributed by atoms with Gasteiger partial charge in [0.15, 0.2) is 0 Å². The number of aromatic carboxylic acids is 1. The van der Waals surface area contributed by atoms with Crippen LogP contribution in [0.15, 0.2) is 212 Å². The number of aromatic nitrogens is 9. The Morgan fingerprint density at radius 1 is 0.495 bits per heavy atom. The zero-order valence-corrected chi connectivity index (χ0v) is 48.1. The third-order valence-corrected chi connectivity index (χ3v) is 10.8. The van der Waals surface area contributed by atoms with Gasteiger partial charge in [-0.25, -0.2) is 45.9 Å². The Bertz CT molecular complexity index is 4500. The molecule has 0 fully saturated rings. The van der Waals surface area contributed by atoms with Crippen molar-refractivity contribution in [3.8, 4) is 22.7 Å². The number of anilines is 3. The highest BCUT2D eigenvalue weighted by atomic mass is 19.1. The Labute approximate surface area is 509 Å². The molecule has 0 aliphatic heterocycles. The maximum absolute atomic E-state index is 13.2. The van der Waals surface area contributed by atoms with Gasteiger partial charge >= 0.3 is 29.6 Å². The normalized spacial score (nSPS) is 10.2. The minimum Gasteiger partial charge on any atom is -0.477 e. The summed E-state index contributed by atoms with van der Waals surface area (Å²) in [5.74, 6) is -5.37. The quantitative estimate of drug-likeness (QED) is 0.0667. The molecule has 0 saturated heterocycles. The second-order valence-corrected chi connectivity index (χ2v) is 18.5. The summed E-state index contributed by atoms with van der Waals surface area (Å²) in [6.45, 7) is 5.15. The average Bonchev–Trinajstić information content (AvgIpc) is 1.28. The van der Waals surface area contributed by atoms with Gasteiger partial charge in [-0.3, -0.25) is 67.7 Å². The number of carboxylic acids is 1. The monoisotopic (exact) mass is 1260 g/mol. The molecule has 10 aromatic heterocycles. The molecule has 470 valence electrons. The summed E-state index contributed by atoms with van der Waals surface area (Å²) < 4.78 is 87.0. The lowest BCUT2D eigenvalue weighted by Gasteiger charge is -2.19. The number of carboxylic acid groups (broad SMARTS) is 1. The van der Waals surface area contributed by atoms with Gasteiger partial charge in [0.25, 0.3) is 22.2 Å². The van der Waals surface area contributed by atoms with Gasteiger partial charge in [0.05, 0.1) is 110 Å². The van der Waals surface area contributed by atoms with E-state index in [-0.39, 0.29) is 50.7 Å². The molecule has 10 rings (SSSR count). The van der Waals surface area contributed by atoms with E-state index in [2.05, 4.69) is 44.1 Å². The fraction of sp³-hybridized carbons (Fsp3) is 0.100. The predicted octanol–water partition coefficient (Wildman–Crippen LogP) is 7.13. The number of hydrogen-bond acceptors (Lipinski definition) is 20. The van der Waals surface area contributed by atoms with Crippen LogP contribution in [0.2, 0.25) is 0 Å². The Kier molecular flexibility index (Phi) is 24.9. The van der Waals surface area contributed by atoms with E-state index in [1.807, 2.05) is 0 Å². The standard InChI is InChI=1S/C15H16FN3O3.C12H9FN2O3.C11H7FN2O3.C10H8FN3O.C7H6O4.C5H5FN2/c1-15(2,3)22-14(21)18-12-5-4-6-19(13(12)20)11-7-10(16)8-17-9-11;1-18-12(17)10-3-2-4-15(11(10)16)9-5-8(13)6-14-7-9;12-7-4-8(6-13-5-7)14-3-1-2-9(10(14)15)11(16)17;11-7-4-8(6-13-5-7)14-3-1-2-9(12)10(14)15;1-10-6(8)5-3-2-4-11-7(5)9;6-4-1-5(7)3-8-2-4/h4-9H,1-3H3,(H,18,21);2-7H,1H3;1-6H,(H,16,17);1-6H,12H2;2-4H,1H3;1-3H,7H2. The van der Waals surface area contributed by atoms with E-state index < -0.39 is 81.0 Å². The molecule has 26 nitrogen and oxygen atoms in total. The first-order chi connectivity index (χ1) is 43.2. The largest absolute Gasteiger partial charge is 0.477 e. The minimum atomic E-state index is -1.33. The van der Waals surface area contributed by atoms with E-state index >= 15 is 0 Å². The van der Waals surface area contributed by atoms with Crippen LogP contribution >= 0.6 is 0 Å². The van der Waals surface area contributed by atoms with E-state index in [0.717, 1.165) is 52.3 Å². The molecule has 0 aliphatic rings. The molecule has 0 atom stereocenters. The van der Waals surface area contributed by atoms with Crippen molar-refractivity contribution in [3.63, 3.8) is 0 Å². The van der Waals surface area contributed by atoms with E-state index in [4.69, 9.17) is 21.3 Å². The van der Waals surface area contributed by atoms with Crippen LogP contribution in [0.4, 0.5) is 43.8 Å². The van der Waals surface area contributed by atoms with Gasteiger partial charge in [-0.15, -0.1) is 0 Å². The van der Waals surface area contributed by atoms with Gasteiger partial charge in [-0.2, -0.15) is 0 Å². The van der Waals surface area contributed by atoms with Crippen LogP contribution in [-0.4, -0.2) is 92.1 Å². The van der Waals surface area contributed by atoms with Crippen LogP contribution in [0.25, 0.3) is 22.7 Å². The lowest BCUT2D eigenvalue weighted by Crippen LogP contribution is -2.30. The van der Waals surface area contributed by atoms with Crippen molar-refractivity contribution < 1.29 is 64.9 Å². The molecule has 10 aromatic rings. The number of nitrogens with zero attached hydrogens (tertiary/aromatic N) is 9. The zero-order valence-electron chi connectivity index (χ0n) is 48.1. The lowest BCUT2D eigenvalue weighted by molar-refractivity contribution is 0.0587. The maximum Gasteiger partial charge on any atom is 0.412 e. The first kappa shape index (κ1) is 69.2. The van der Waals surface area contributed by atoms with Crippen molar-refractivity contribution in [1.82, 2.24) is 43.2 Å². The van der Waals surface area contributed by atoms with Crippen molar-refractivity contribution in [1.29, 1.82) is 0 Å². The SMILES string of the molecule is CC(C)(C)OC(=O)Nc1cccn(-c2cncc(F)c2)c1=O.COC(=O)c1cccn(-c2cncc(F)c2)c1=O.COC(=O)c1cccoc1=O.Nc1cccn(-c2cncc(F)c2)c1=O.Nc1cncc(F)c1.O=C(O)c1cccn(-c2cncc(F)c2)c1=O. The number of nitrogens with one attached hydrogen (secondary N) is 1. The Morgan fingerprint density at radius 3 is 1.26 bits per heavy atom. The molecule has 10 heterocycles. The molecule has 0 radical (unpaired) electrons. The van der Waals surface area contributed by atoms with Crippen molar-refractivity contribution in [2.24, 2.45) is 0 Å². The summed E-state index contributed by atoms with van der Waals surface area (Å²) in [5, 5.41) is 11.2. The number of esters is 2. The molecule has 1 amide bonds. The topological polar surface area (TPSA) is 363 Å². The van der Waals surface area contributed by atoms with Crippen molar-refractivity contribution >= 4 is 41.1 Å². The Hall–Kier alpha value is -12.6. The molecule has 0 aromatic carbocycles. The summed E-state index contributed by atoms with van der Waals surface area (Å²) in [7, 11) is 2.39. The fourth-order valence-corrected chi connectivity index (χ4v) is 6.93.